The molecule has 0 aliphatic carbocycles. The fourth-order valence-electron chi connectivity index (χ4n) is 2.12. The van der Waals surface area contributed by atoms with Crippen LogP contribution in [0.3, 0.4) is 0 Å². The Bertz CT molecular complexity index is 742. The first-order chi connectivity index (χ1) is 8.56. The van der Waals surface area contributed by atoms with E-state index in [9.17, 15) is 0 Å². The lowest BCUT2D eigenvalue weighted by atomic mass is 10.3. The highest BCUT2D eigenvalue weighted by atomic mass is 79.9. The molecule has 0 fully saturated rings. The normalized spacial score (nSPS) is 11.3. The Labute approximate surface area is 117 Å². The number of nitrogen functional groups attached to an aromatic ring is 1. The monoisotopic (exact) mass is 321 g/mol. The number of hydrogen-bond acceptors (Lipinski definition) is 3. The Morgan fingerprint density at radius 3 is 2.78 bits per heavy atom. The van der Waals surface area contributed by atoms with Crippen molar-refractivity contribution >= 4 is 43.3 Å². The molecule has 0 atom stereocenters. The van der Waals surface area contributed by atoms with Gasteiger partial charge in [-0.3, -0.25) is 0 Å². The summed E-state index contributed by atoms with van der Waals surface area (Å²) in [6.45, 7) is 2.06. The van der Waals surface area contributed by atoms with E-state index >= 15 is 0 Å². The molecule has 1 aromatic carbocycles. The summed E-state index contributed by atoms with van der Waals surface area (Å²) >= 11 is 5.07. The Kier molecular flexibility index (Phi) is 2.68. The van der Waals surface area contributed by atoms with Gasteiger partial charge in [0.2, 0.25) is 0 Å². The van der Waals surface area contributed by atoms with Gasteiger partial charge in [-0.15, -0.1) is 11.3 Å². The molecule has 3 nitrogen and oxygen atoms in total. The van der Waals surface area contributed by atoms with Gasteiger partial charge in [0, 0.05) is 16.4 Å². The van der Waals surface area contributed by atoms with Crippen LogP contribution in [0.4, 0.5) is 5.00 Å². The van der Waals surface area contributed by atoms with Crippen molar-refractivity contribution in [2.45, 2.75) is 6.92 Å². The molecule has 92 valence electrons. The predicted molar refractivity (Wildman–Crippen MR) is 80.9 cm³/mol. The van der Waals surface area contributed by atoms with Crippen molar-refractivity contribution in [1.29, 1.82) is 0 Å². The molecular weight excluding hydrogens is 310 g/mol. The number of aryl methyl sites for hydroxylation is 2. The first-order valence-electron chi connectivity index (χ1n) is 5.54. The Balaban J connectivity index is 2.30. The molecule has 0 saturated carbocycles. The SMILES string of the molecule is Cc1cc(-c2nc3cc(Br)ccc3n2C)c(N)s1. The summed E-state index contributed by atoms with van der Waals surface area (Å²) < 4.78 is 3.12. The van der Waals surface area contributed by atoms with Crippen molar-refractivity contribution in [3.05, 3.63) is 33.6 Å². The number of aromatic nitrogens is 2. The van der Waals surface area contributed by atoms with Gasteiger partial charge in [-0.25, -0.2) is 4.98 Å². The molecule has 2 N–H and O–H groups in total. The summed E-state index contributed by atoms with van der Waals surface area (Å²) in [6, 6.07) is 8.20. The van der Waals surface area contributed by atoms with E-state index in [0.717, 1.165) is 31.9 Å². The highest BCUT2D eigenvalue weighted by Gasteiger charge is 2.14. The summed E-state index contributed by atoms with van der Waals surface area (Å²) in [5.74, 6) is 0.921. The van der Waals surface area contributed by atoms with Crippen LogP contribution in [0.5, 0.6) is 0 Å². The quantitative estimate of drug-likeness (QED) is 0.737. The Morgan fingerprint density at radius 2 is 2.11 bits per heavy atom. The van der Waals surface area contributed by atoms with E-state index in [2.05, 4.69) is 44.5 Å². The molecule has 0 radical (unpaired) electrons. The molecule has 2 aromatic heterocycles. The summed E-state index contributed by atoms with van der Waals surface area (Å²) in [7, 11) is 2.02. The van der Waals surface area contributed by atoms with E-state index in [0.29, 0.717) is 0 Å². The second kappa shape index (κ2) is 4.10. The topological polar surface area (TPSA) is 43.8 Å². The number of imidazole rings is 1. The molecule has 2 heterocycles. The van der Waals surface area contributed by atoms with Gasteiger partial charge in [-0.05, 0) is 31.2 Å². The van der Waals surface area contributed by atoms with Crippen molar-refractivity contribution in [3.63, 3.8) is 0 Å². The van der Waals surface area contributed by atoms with Crippen LogP contribution in [-0.4, -0.2) is 9.55 Å². The van der Waals surface area contributed by atoms with E-state index in [4.69, 9.17) is 5.73 Å². The lowest BCUT2D eigenvalue weighted by Crippen LogP contribution is -1.93. The van der Waals surface area contributed by atoms with Gasteiger partial charge in [0.25, 0.3) is 0 Å². The van der Waals surface area contributed by atoms with Crippen molar-refractivity contribution in [2.24, 2.45) is 7.05 Å². The number of fused-ring (bicyclic) bond motifs is 1. The summed E-state index contributed by atoms with van der Waals surface area (Å²) in [4.78, 5) is 5.88. The molecule has 5 heteroatoms. The number of rotatable bonds is 1. The van der Waals surface area contributed by atoms with Gasteiger partial charge in [0.1, 0.15) is 5.82 Å². The van der Waals surface area contributed by atoms with Crippen LogP contribution in [0.1, 0.15) is 4.88 Å². The Morgan fingerprint density at radius 1 is 1.33 bits per heavy atom. The van der Waals surface area contributed by atoms with Crippen molar-refractivity contribution in [3.8, 4) is 11.4 Å². The molecule has 0 bridgehead atoms. The molecule has 18 heavy (non-hydrogen) atoms. The lowest BCUT2D eigenvalue weighted by molar-refractivity contribution is 0.960. The maximum absolute atomic E-state index is 6.05. The third-order valence-corrected chi connectivity index (χ3v) is 4.34. The zero-order chi connectivity index (χ0) is 12.9. The maximum Gasteiger partial charge on any atom is 0.143 e. The molecule has 0 spiro atoms. The molecular formula is C13H12BrN3S. The maximum atomic E-state index is 6.05. The van der Waals surface area contributed by atoms with Crippen molar-refractivity contribution in [2.75, 3.05) is 5.73 Å². The zero-order valence-corrected chi connectivity index (χ0v) is 12.5. The first kappa shape index (κ1) is 11.7. The van der Waals surface area contributed by atoms with Crippen LogP contribution in [0.25, 0.3) is 22.4 Å². The number of thiophene rings is 1. The molecule has 0 saturated heterocycles. The van der Waals surface area contributed by atoms with E-state index in [1.54, 1.807) is 11.3 Å². The van der Waals surface area contributed by atoms with Gasteiger partial charge in [0.05, 0.1) is 21.6 Å². The largest absolute Gasteiger partial charge is 0.390 e. The first-order valence-corrected chi connectivity index (χ1v) is 7.15. The van der Waals surface area contributed by atoms with Gasteiger partial charge in [-0.2, -0.15) is 0 Å². The van der Waals surface area contributed by atoms with E-state index < -0.39 is 0 Å². The summed E-state index contributed by atoms with van der Waals surface area (Å²) in [6.07, 6.45) is 0. The number of halogens is 1. The van der Waals surface area contributed by atoms with Crippen LogP contribution >= 0.6 is 27.3 Å². The zero-order valence-electron chi connectivity index (χ0n) is 10.1. The standard InChI is InChI=1S/C13H12BrN3S/c1-7-5-9(12(15)18-7)13-16-10-6-8(14)3-4-11(10)17(13)2/h3-6H,15H2,1-2H3. The third kappa shape index (κ3) is 1.74. The van der Waals surface area contributed by atoms with Crippen molar-refractivity contribution < 1.29 is 0 Å². The second-order valence-electron chi connectivity index (χ2n) is 4.26. The van der Waals surface area contributed by atoms with Crippen LogP contribution in [0.2, 0.25) is 0 Å². The number of nitrogens with two attached hydrogens (primary N) is 1. The molecule has 0 aliphatic heterocycles. The van der Waals surface area contributed by atoms with E-state index in [1.165, 1.54) is 4.88 Å². The minimum absolute atomic E-state index is 0.824. The molecule has 0 unspecified atom stereocenters. The second-order valence-corrected chi connectivity index (χ2v) is 6.47. The van der Waals surface area contributed by atoms with Crippen LogP contribution in [0, 0.1) is 6.92 Å². The Hall–Kier alpha value is -1.33. The number of hydrogen-bond donors (Lipinski definition) is 1. The molecule has 3 aromatic rings. The smallest absolute Gasteiger partial charge is 0.143 e. The molecule has 3 rings (SSSR count). The van der Waals surface area contributed by atoms with Gasteiger partial charge in [-0.1, -0.05) is 15.9 Å². The lowest BCUT2D eigenvalue weighted by Gasteiger charge is -2.00. The number of nitrogens with zero attached hydrogens (tertiary/aromatic N) is 2. The van der Waals surface area contributed by atoms with E-state index in [1.807, 2.05) is 19.2 Å². The average molecular weight is 322 g/mol. The molecule has 0 amide bonds. The minimum Gasteiger partial charge on any atom is -0.390 e. The van der Waals surface area contributed by atoms with Gasteiger partial charge in [0.15, 0.2) is 0 Å². The van der Waals surface area contributed by atoms with Crippen LogP contribution < -0.4 is 5.73 Å². The summed E-state index contributed by atoms with van der Waals surface area (Å²) in [5.41, 5.74) is 9.16. The van der Waals surface area contributed by atoms with Gasteiger partial charge < -0.3 is 10.3 Å². The number of anilines is 1. The fraction of sp³-hybridized carbons (Fsp3) is 0.154. The number of benzene rings is 1. The highest BCUT2D eigenvalue weighted by Crippen LogP contribution is 2.34. The highest BCUT2D eigenvalue weighted by molar-refractivity contribution is 9.10. The average Bonchev–Trinajstić information content (AvgIpc) is 2.79. The van der Waals surface area contributed by atoms with Crippen molar-refractivity contribution in [1.82, 2.24) is 9.55 Å². The molecule has 0 aliphatic rings. The fourth-order valence-corrected chi connectivity index (χ4v) is 3.25. The summed E-state index contributed by atoms with van der Waals surface area (Å²) in [5, 5.41) is 0.824. The predicted octanol–water partition coefficient (Wildman–Crippen LogP) is 3.95. The minimum atomic E-state index is 0.824. The van der Waals surface area contributed by atoms with E-state index in [-0.39, 0.29) is 0 Å². The van der Waals surface area contributed by atoms with Gasteiger partial charge >= 0.3 is 0 Å². The van der Waals surface area contributed by atoms with Crippen LogP contribution in [0.15, 0.2) is 28.7 Å². The third-order valence-electron chi connectivity index (χ3n) is 2.97. The van der Waals surface area contributed by atoms with Crippen LogP contribution in [-0.2, 0) is 7.05 Å².